The Balaban J connectivity index is 0.00000147. The lowest BCUT2D eigenvalue weighted by atomic mass is 10.1. The van der Waals surface area contributed by atoms with E-state index in [1.807, 2.05) is 18.2 Å². The number of fused-ring (bicyclic) bond motifs is 1. The maximum Gasteiger partial charge on any atom is 0.223 e. The highest BCUT2D eigenvalue weighted by molar-refractivity contribution is 5.87. The minimum absolute atomic E-state index is 0. The Labute approximate surface area is 123 Å². The van der Waals surface area contributed by atoms with Crippen molar-refractivity contribution in [1.82, 2.24) is 15.1 Å². The molecule has 1 fully saturated rings. The third-order valence-electron chi connectivity index (χ3n) is 3.69. The minimum Gasteiger partial charge on any atom is -0.369 e. The molecule has 0 radical (unpaired) electrons. The summed E-state index contributed by atoms with van der Waals surface area (Å²) in [6.45, 7) is 2.04. The number of amides is 1. The van der Waals surface area contributed by atoms with E-state index in [1.165, 1.54) is 0 Å². The van der Waals surface area contributed by atoms with Gasteiger partial charge in [0.1, 0.15) is 0 Å². The fraction of sp³-hybridized carbons (Fsp3) is 0.429. The van der Waals surface area contributed by atoms with Crippen LogP contribution in [0.3, 0.4) is 0 Å². The van der Waals surface area contributed by atoms with E-state index >= 15 is 0 Å². The maximum atomic E-state index is 11.2. The Morgan fingerprint density at radius 3 is 2.75 bits per heavy atom. The van der Waals surface area contributed by atoms with Crippen molar-refractivity contribution in [1.29, 1.82) is 0 Å². The molecule has 20 heavy (non-hydrogen) atoms. The molecule has 0 atom stereocenters. The van der Waals surface area contributed by atoms with Crippen LogP contribution in [0, 0.1) is 0 Å². The SMILES string of the molecule is Cl.NC(=O)Cc1nn(C2CCNCC2)c2ccccc12. The molecule has 1 aliphatic rings. The summed E-state index contributed by atoms with van der Waals surface area (Å²) in [5.74, 6) is -0.333. The van der Waals surface area contributed by atoms with E-state index in [9.17, 15) is 4.79 Å². The summed E-state index contributed by atoms with van der Waals surface area (Å²) in [6.07, 6.45) is 2.35. The first-order valence-electron chi connectivity index (χ1n) is 6.71. The van der Waals surface area contributed by atoms with Crippen molar-refractivity contribution in [2.24, 2.45) is 5.73 Å². The molecule has 0 spiro atoms. The van der Waals surface area contributed by atoms with E-state index in [-0.39, 0.29) is 24.7 Å². The van der Waals surface area contributed by atoms with Gasteiger partial charge in [0.2, 0.25) is 5.91 Å². The summed E-state index contributed by atoms with van der Waals surface area (Å²) in [5.41, 5.74) is 7.20. The fourth-order valence-corrected chi connectivity index (χ4v) is 2.78. The highest BCUT2D eigenvalue weighted by Gasteiger charge is 2.20. The van der Waals surface area contributed by atoms with Crippen LogP contribution in [0.1, 0.15) is 24.6 Å². The summed E-state index contributed by atoms with van der Waals surface area (Å²) in [7, 11) is 0. The van der Waals surface area contributed by atoms with Crippen LogP contribution in [0.5, 0.6) is 0 Å². The van der Waals surface area contributed by atoms with Crippen LogP contribution < -0.4 is 11.1 Å². The monoisotopic (exact) mass is 294 g/mol. The molecule has 6 heteroatoms. The lowest BCUT2D eigenvalue weighted by molar-refractivity contribution is -0.117. The molecular weight excluding hydrogens is 276 g/mol. The van der Waals surface area contributed by atoms with Crippen molar-refractivity contribution < 1.29 is 4.79 Å². The van der Waals surface area contributed by atoms with Crippen molar-refractivity contribution in [3.63, 3.8) is 0 Å². The van der Waals surface area contributed by atoms with Gasteiger partial charge >= 0.3 is 0 Å². The summed E-state index contributed by atoms with van der Waals surface area (Å²) in [6, 6.07) is 8.47. The Morgan fingerprint density at radius 2 is 2.05 bits per heavy atom. The molecule has 3 N–H and O–H groups in total. The van der Waals surface area contributed by atoms with Crippen molar-refractivity contribution in [2.75, 3.05) is 13.1 Å². The number of para-hydroxylation sites is 1. The second kappa shape index (κ2) is 6.24. The summed E-state index contributed by atoms with van der Waals surface area (Å²) < 4.78 is 2.08. The van der Waals surface area contributed by atoms with Crippen LogP contribution in [0.25, 0.3) is 10.9 Å². The van der Waals surface area contributed by atoms with E-state index in [2.05, 4.69) is 21.2 Å². The average Bonchev–Trinajstić information content (AvgIpc) is 2.78. The van der Waals surface area contributed by atoms with Crippen molar-refractivity contribution in [3.05, 3.63) is 30.0 Å². The Bertz CT molecular complexity index is 604. The summed E-state index contributed by atoms with van der Waals surface area (Å²) in [4.78, 5) is 11.2. The third kappa shape index (κ3) is 2.78. The lowest BCUT2D eigenvalue weighted by Crippen LogP contribution is -2.30. The number of carbonyl (C=O) groups excluding carboxylic acids is 1. The molecule has 108 valence electrons. The van der Waals surface area contributed by atoms with E-state index in [4.69, 9.17) is 5.73 Å². The molecule has 1 amide bonds. The molecule has 2 aromatic rings. The zero-order valence-corrected chi connectivity index (χ0v) is 12.0. The molecule has 0 bridgehead atoms. The molecule has 1 aliphatic heterocycles. The largest absolute Gasteiger partial charge is 0.369 e. The second-order valence-electron chi connectivity index (χ2n) is 5.03. The number of hydrogen-bond donors (Lipinski definition) is 2. The third-order valence-corrected chi connectivity index (χ3v) is 3.69. The molecule has 2 heterocycles. The Kier molecular flexibility index (Phi) is 4.62. The summed E-state index contributed by atoms with van der Waals surface area (Å²) >= 11 is 0. The van der Waals surface area contributed by atoms with Crippen LogP contribution in [0.2, 0.25) is 0 Å². The minimum atomic E-state index is -0.333. The van der Waals surface area contributed by atoms with Gasteiger partial charge in [0.05, 0.1) is 23.7 Å². The van der Waals surface area contributed by atoms with Crippen LogP contribution >= 0.6 is 12.4 Å². The van der Waals surface area contributed by atoms with E-state index in [0.717, 1.165) is 42.5 Å². The van der Waals surface area contributed by atoms with Gasteiger partial charge in [-0.2, -0.15) is 5.10 Å². The predicted octanol–water partition coefficient (Wildman–Crippen LogP) is 1.41. The van der Waals surface area contributed by atoms with Gasteiger partial charge in [0.25, 0.3) is 0 Å². The predicted molar refractivity (Wildman–Crippen MR) is 81.0 cm³/mol. The van der Waals surface area contributed by atoms with Gasteiger partial charge < -0.3 is 11.1 Å². The number of primary amides is 1. The first kappa shape index (κ1) is 14.8. The van der Waals surface area contributed by atoms with Gasteiger partial charge in [0.15, 0.2) is 0 Å². The molecule has 1 saturated heterocycles. The van der Waals surface area contributed by atoms with Crippen molar-refractivity contribution in [2.45, 2.75) is 25.3 Å². The highest BCUT2D eigenvalue weighted by Crippen LogP contribution is 2.26. The second-order valence-corrected chi connectivity index (χ2v) is 5.03. The first-order chi connectivity index (χ1) is 9.25. The van der Waals surface area contributed by atoms with Gasteiger partial charge in [-0.1, -0.05) is 18.2 Å². The standard InChI is InChI=1S/C14H18N4O.ClH/c15-14(19)9-12-11-3-1-2-4-13(11)18(17-12)10-5-7-16-8-6-10;/h1-4,10,16H,5-9H2,(H2,15,19);1H. The topological polar surface area (TPSA) is 72.9 Å². The number of rotatable bonds is 3. The zero-order valence-electron chi connectivity index (χ0n) is 11.2. The van der Waals surface area contributed by atoms with Gasteiger partial charge in [0, 0.05) is 5.39 Å². The Hall–Kier alpha value is -1.59. The van der Waals surface area contributed by atoms with Gasteiger partial charge in [-0.15, -0.1) is 12.4 Å². The molecule has 0 saturated carbocycles. The molecule has 1 aromatic heterocycles. The molecule has 0 aliphatic carbocycles. The van der Waals surface area contributed by atoms with Crippen LogP contribution in [-0.4, -0.2) is 28.8 Å². The number of piperidine rings is 1. The van der Waals surface area contributed by atoms with Gasteiger partial charge in [-0.05, 0) is 32.0 Å². The molecule has 5 nitrogen and oxygen atoms in total. The first-order valence-corrected chi connectivity index (χ1v) is 6.71. The maximum absolute atomic E-state index is 11.2. The normalized spacial score (nSPS) is 16.0. The number of nitrogens with zero attached hydrogens (tertiary/aromatic N) is 2. The average molecular weight is 295 g/mol. The van der Waals surface area contributed by atoms with E-state index < -0.39 is 0 Å². The number of nitrogens with one attached hydrogen (secondary N) is 1. The molecular formula is C14H19ClN4O. The van der Waals surface area contributed by atoms with Gasteiger partial charge in [-0.25, -0.2) is 0 Å². The molecule has 3 rings (SSSR count). The van der Waals surface area contributed by atoms with Crippen LogP contribution in [-0.2, 0) is 11.2 Å². The number of carbonyl (C=O) groups is 1. The van der Waals surface area contributed by atoms with Crippen molar-refractivity contribution >= 4 is 29.2 Å². The fourth-order valence-electron chi connectivity index (χ4n) is 2.78. The van der Waals surface area contributed by atoms with Gasteiger partial charge in [-0.3, -0.25) is 9.48 Å². The highest BCUT2D eigenvalue weighted by atomic mass is 35.5. The number of nitrogens with two attached hydrogens (primary N) is 1. The van der Waals surface area contributed by atoms with E-state index in [1.54, 1.807) is 0 Å². The number of aromatic nitrogens is 2. The quantitative estimate of drug-likeness (QED) is 0.899. The molecule has 1 aromatic carbocycles. The smallest absolute Gasteiger partial charge is 0.223 e. The van der Waals surface area contributed by atoms with Crippen LogP contribution in [0.15, 0.2) is 24.3 Å². The number of benzene rings is 1. The number of hydrogen-bond acceptors (Lipinski definition) is 3. The molecule has 0 unspecified atom stereocenters. The summed E-state index contributed by atoms with van der Waals surface area (Å²) in [5, 5.41) is 9.04. The number of halogens is 1. The van der Waals surface area contributed by atoms with Crippen LogP contribution in [0.4, 0.5) is 0 Å². The van der Waals surface area contributed by atoms with Crippen molar-refractivity contribution in [3.8, 4) is 0 Å². The lowest BCUT2D eigenvalue weighted by Gasteiger charge is -2.23. The zero-order chi connectivity index (χ0) is 13.2. The Morgan fingerprint density at radius 1 is 1.35 bits per heavy atom. The van der Waals surface area contributed by atoms with E-state index in [0.29, 0.717) is 6.04 Å².